The second-order valence-electron chi connectivity index (χ2n) is 3.86. The van der Waals surface area contributed by atoms with Crippen LogP contribution in [-0.4, -0.2) is 11.1 Å². The van der Waals surface area contributed by atoms with Gasteiger partial charge in [0.25, 0.3) is 0 Å². The number of carboxylic acid groups (broad SMARTS) is 1. The van der Waals surface area contributed by atoms with Crippen LogP contribution in [0.4, 0.5) is 21.5 Å². The van der Waals surface area contributed by atoms with Crippen LogP contribution in [0.15, 0.2) is 36.4 Å². The van der Waals surface area contributed by atoms with E-state index in [1.165, 1.54) is 30.3 Å². The van der Waals surface area contributed by atoms with E-state index >= 15 is 0 Å². The lowest BCUT2D eigenvalue weighted by molar-refractivity contribution is 0.0698. The molecule has 0 spiro atoms. The first-order valence-electron chi connectivity index (χ1n) is 5.32. The molecule has 0 aliphatic heterocycles. The topological polar surface area (TPSA) is 75.3 Å². The van der Waals surface area contributed by atoms with Gasteiger partial charge in [-0.25, -0.2) is 9.18 Å². The zero-order valence-corrected chi connectivity index (χ0v) is 10.4. The van der Waals surface area contributed by atoms with Gasteiger partial charge in [-0.1, -0.05) is 11.6 Å². The van der Waals surface area contributed by atoms with E-state index in [9.17, 15) is 9.18 Å². The van der Waals surface area contributed by atoms with Crippen LogP contribution in [0.2, 0.25) is 5.02 Å². The summed E-state index contributed by atoms with van der Waals surface area (Å²) in [7, 11) is 0. The number of benzene rings is 2. The van der Waals surface area contributed by atoms with E-state index in [0.717, 1.165) is 0 Å². The summed E-state index contributed by atoms with van der Waals surface area (Å²) in [6.07, 6.45) is 0. The summed E-state index contributed by atoms with van der Waals surface area (Å²) in [6.45, 7) is 0. The summed E-state index contributed by atoms with van der Waals surface area (Å²) in [5.74, 6) is -1.61. The van der Waals surface area contributed by atoms with Crippen LogP contribution in [0.25, 0.3) is 0 Å². The third-order valence-electron chi connectivity index (χ3n) is 2.47. The summed E-state index contributed by atoms with van der Waals surface area (Å²) < 4.78 is 13.1. The van der Waals surface area contributed by atoms with Crippen LogP contribution >= 0.6 is 11.6 Å². The average molecular weight is 281 g/mol. The van der Waals surface area contributed by atoms with Crippen LogP contribution < -0.4 is 11.1 Å². The third-order valence-corrected chi connectivity index (χ3v) is 2.80. The largest absolute Gasteiger partial charge is 0.478 e. The second kappa shape index (κ2) is 5.16. The van der Waals surface area contributed by atoms with Gasteiger partial charge in [0.15, 0.2) is 0 Å². The van der Waals surface area contributed by atoms with Gasteiger partial charge < -0.3 is 16.2 Å². The maximum absolute atomic E-state index is 13.1. The number of rotatable bonds is 3. The van der Waals surface area contributed by atoms with Crippen molar-refractivity contribution in [3.05, 3.63) is 52.8 Å². The molecule has 0 aromatic heterocycles. The third kappa shape index (κ3) is 2.95. The van der Waals surface area contributed by atoms with Crippen molar-refractivity contribution in [2.75, 3.05) is 11.1 Å². The highest BCUT2D eigenvalue weighted by molar-refractivity contribution is 6.33. The molecule has 0 fully saturated rings. The van der Waals surface area contributed by atoms with Crippen molar-refractivity contribution < 1.29 is 14.3 Å². The SMILES string of the molecule is Nc1ccc(Nc2cc(F)ccc2Cl)c(C(=O)O)c1. The fourth-order valence-corrected chi connectivity index (χ4v) is 1.75. The van der Waals surface area contributed by atoms with Crippen LogP contribution in [0.3, 0.4) is 0 Å². The fraction of sp³-hybridized carbons (Fsp3) is 0. The Hall–Kier alpha value is -2.27. The molecule has 0 saturated carbocycles. The molecular weight excluding hydrogens is 271 g/mol. The molecule has 2 aromatic carbocycles. The van der Waals surface area contributed by atoms with Crippen LogP contribution in [0.5, 0.6) is 0 Å². The predicted octanol–water partition coefficient (Wildman–Crippen LogP) is 3.50. The van der Waals surface area contributed by atoms with Crippen molar-refractivity contribution in [2.45, 2.75) is 0 Å². The molecule has 0 radical (unpaired) electrons. The number of hydrogen-bond donors (Lipinski definition) is 3. The Bertz CT molecular complexity index is 647. The molecule has 4 nitrogen and oxygen atoms in total. The smallest absolute Gasteiger partial charge is 0.337 e. The molecule has 0 aliphatic carbocycles. The maximum Gasteiger partial charge on any atom is 0.337 e. The Balaban J connectivity index is 2.43. The van der Waals surface area contributed by atoms with Crippen molar-refractivity contribution in [1.29, 1.82) is 0 Å². The first-order chi connectivity index (χ1) is 8.97. The Morgan fingerprint density at radius 3 is 2.63 bits per heavy atom. The number of anilines is 3. The number of carbonyl (C=O) groups is 1. The van der Waals surface area contributed by atoms with Crippen molar-refractivity contribution in [3.63, 3.8) is 0 Å². The summed E-state index contributed by atoms with van der Waals surface area (Å²) in [4.78, 5) is 11.1. The van der Waals surface area contributed by atoms with E-state index in [1.54, 1.807) is 6.07 Å². The zero-order valence-electron chi connectivity index (χ0n) is 9.65. The summed E-state index contributed by atoms with van der Waals surface area (Å²) in [5.41, 5.74) is 6.42. The number of hydrogen-bond acceptors (Lipinski definition) is 3. The number of nitrogen functional groups attached to an aromatic ring is 1. The molecule has 2 rings (SSSR count). The van der Waals surface area contributed by atoms with Gasteiger partial charge in [0.1, 0.15) is 5.82 Å². The molecule has 0 saturated heterocycles. The molecule has 0 unspecified atom stereocenters. The first kappa shape index (κ1) is 13.2. The lowest BCUT2D eigenvalue weighted by Gasteiger charge is -2.11. The van der Waals surface area contributed by atoms with E-state index in [4.69, 9.17) is 22.4 Å². The summed E-state index contributed by atoms with van der Waals surface area (Å²) in [5, 5.41) is 12.2. The van der Waals surface area contributed by atoms with E-state index in [0.29, 0.717) is 5.69 Å². The molecule has 0 heterocycles. The van der Waals surface area contributed by atoms with Gasteiger partial charge in [-0.3, -0.25) is 0 Å². The standard InChI is InChI=1S/C13H10ClFN2O2/c14-10-3-1-7(15)5-12(10)17-11-4-2-8(16)6-9(11)13(18)19/h1-6,17H,16H2,(H,18,19). The molecule has 0 atom stereocenters. The van der Waals surface area contributed by atoms with Gasteiger partial charge in [0.05, 0.1) is 22.0 Å². The van der Waals surface area contributed by atoms with Gasteiger partial charge in [0.2, 0.25) is 0 Å². The lowest BCUT2D eigenvalue weighted by Crippen LogP contribution is -2.04. The van der Waals surface area contributed by atoms with Crippen LogP contribution in [0, 0.1) is 5.82 Å². The summed E-state index contributed by atoms with van der Waals surface area (Å²) in [6, 6.07) is 8.15. The van der Waals surface area contributed by atoms with Crippen molar-refractivity contribution in [1.82, 2.24) is 0 Å². The molecule has 2 aromatic rings. The number of nitrogens with two attached hydrogens (primary N) is 1. The number of carboxylic acids is 1. The van der Waals surface area contributed by atoms with Crippen LogP contribution in [0.1, 0.15) is 10.4 Å². The number of nitrogens with one attached hydrogen (secondary N) is 1. The lowest BCUT2D eigenvalue weighted by atomic mass is 10.1. The number of aromatic carboxylic acids is 1. The second-order valence-corrected chi connectivity index (χ2v) is 4.27. The minimum absolute atomic E-state index is 0.0136. The molecule has 0 amide bonds. The van der Waals surface area contributed by atoms with Gasteiger partial charge >= 0.3 is 5.97 Å². The molecule has 98 valence electrons. The van der Waals surface area contributed by atoms with Crippen LogP contribution in [-0.2, 0) is 0 Å². The molecule has 6 heteroatoms. The average Bonchev–Trinajstić information content (AvgIpc) is 2.35. The summed E-state index contributed by atoms with van der Waals surface area (Å²) >= 11 is 5.91. The molecule has 0 aliphatic rings. The number of halogens is 2. The quantitative estimate of drug-likeness (QED) is 0.752. The van der Waals surface area contributed by atoms with Crippen molar-refractivity contribution in [3.8, 4) is 0 Å². The molecule has 0 bridgehead atoms. The van der Waals surface area contributed by atoms with E-state index in [1.807, 2.05) is 0 Å². The van der Waals surface area contributed by atoms with Crippen molar-refractivity contribution in [2.24, 2.45) is 0 Å². The van der Waals surface area contributed by atoms with Gasteiger partial charge in [-0.05, 0) is 36.4 Å². The highest BCUT2D eigenvalue weighted by Crippen LogP contribution is 2.28. The molecule has 4 N–H and O–H groups in total. The molecular formula is C13H10ClFN2O2. The van der Waals surface area contributed by atoms with E-state index in [-0.39, 0.29) is 22.0 Å². The minimum Gasteiger partial charge on any atom is -0.478 e. The van der Waals surface area contributed by atoms with Gasteiger partial charge in [-0.2, -0.15) is 0 Å². The Labute approximate surface area is 113 Å². The minimum atomic E-state index is -1.14. The highest BCUT2D eigenvalue weighted by Gasteiger charge is 2.12. The maximum atomic E-state index is 13.1. The Morgan fingerprint density at radius 2 is 1.95 bits per heavy atom. The van der Waals surface area contributed by atoms with E-state index < -0.39 is 11.8 Å². The van der Waals surface area contributed by atoms with Gasteiger partial charge in [0, 0.05) is 5.69 Å². The Morgan fingerprint density at radius 1 is 1.21 bits per heavy atom. The normalized spacial score (nSPS) is 10.2. The van der Waals surface area contributed by atoms with Crippen molar-refractivity contribution >= 4 is 34.6 Å². The first-order valence-corrected chi connectivity index (χ1v) is 5.70. The zero-order chi connectivity index (χ0) is 14.0. The molecule has 19 heavy (non-hydrogen) atoms. The predicted molar refractivity (Wildman–Crippen MR) is 72.5 cm³/mol. The Kier molecular flexibility index (Phi) is 3.57. The highest BCUT2D eigenvalue weighted by atomic mass is 35.5. The van der Waals surface area contributed by atoms with E-state index in [2.05, 4.69) is 5.32 Å². The monoisotopic (exact) mass is 280 g/mol. The van der Waals surface area contributed by atoms with Gasteiger partial charge in [-0.15, -0.1) is 0 Å². The fourth-order valence-electron chi connectivity index (χ4n) is 1.59.